The lowest BCUT2D eigenvalue weighted by Crippen LogP contribution is -2.20. The maximum absolute atomic E-state index is 14.0. The van der Waals surface area contributed by atoms with Crippen molar-refractivity contribution in [3.8, 4) is 11.1 Å². The molecule has 0 aliphatic carbocycles. The summed E-state index contributed by atoms with van der Waals surface area (Å²) in [4.78, 5) is 47.9. The SMILES string of the molecule is CNc1ccc(-c2ccc(NC(=O)c3cc(C(C)=O)c(C(=O)O)cc3C(=O)O)cc2C(F)(F)F)c(C(F)(F)F)c1. The molecule has 210 valence electrons. The molecule has 0 bridgehead atoms. The van der Waals surface area contributed by atoms with Crippen molar-refractivity contribution in [1.82, 2.24) is 0 Å². The molecular weight excluding hydrogens is 550 g/mol. The number of carboxylic acids is 2. The quantitative estimate of drug-likeness (QED) is 0.195. The zero-order valence-corrected chi connectivity index (χ0v) is 20.4. The van der Waals surface area contributed by atoms with Crippen LogP contribution in [0.2, 0.25) is 0 Å². The summed E-state index contributed by atoms with van der Waals surface area (Å²) < 4.78 is 83.1. The fourth-order valence-corrected chi connectivity index (χ4v) is 3.89. The van der Waals surface area contributed by atoms with E-state index in [1.54, 1.807) is 0 Å². The number of carbonyl (C=O) groups is 4. The number of amides is 1. The largest absolute Gasteiger partial charge is 0.478 e. The van der Waals surface area contributed by atoms with Crippen molar-refractivity contribution in [1.29, 1.82) is 0 Å². The number of alkyl halides is 6. The molecule has 0 aliphatic rings. The summed E-state index contributed by atoms with van der Waals surface area (Å²) in [5.74, 6) is -5.58. The van der Waals surface area contributed by atoms with Crippen LogP contribution in [0.15, 0.2) is 48.5 Å². The minimum atomic E-state index is -5.18. The Morgan fingerprint density at radius 2 is 1.07 bits per heavy atom. The van der Waals surface area contributed by atoms with Crippen molar-refractivity contribution in [3.63, 3.8) is 0 Å². The Bertz CT molecular complexity index is 1550. The second kappa shape index (κ2) is 10.7. The lowest BCUT2D eigenvalue weighted by atomic mass is 9.93. The smallest absolute Gasteiger partial charge is 0.417 e. The van der Waals surface area contributed by atoms with Gasteiger partial charge >= 0.3 is 24.3 Å². The molecule has 0 saturated carbocycles. The van der Waals surface area contributed by atoms with E-state index in [0.29, 0.717) is 30.3 Å². The molecule has 1 amide bonds. The fourth-order valence-electron chi connectivity index (χ4n) is 3.89. The monoisotopic (exact) mass is 568 g/mol. The van der Waals surface area contributed by atoms with Crippen LogP contribution in [0.5, 0.6) is 0 Å². The van der Waals surface area contributed by atoms with Crippen LogP contribution >= 0.6 is 0 Å². The van der Waals surface area contributed by atoms with Gasteiger partial charge in [0.1, 0.15) is 0 Å². The van der Waals surface area contributed by atoms with Crippen LogP contribution in [0.3, 0.4) is 0 Å². The molecule has 3 rings (SSSR count). The molecule has 0 atom stereocenters. The molecule has 0 unspecified atom stereocenters. The standard InChI is InChI=1S/C26H18F6N2O6/c1-11(35)16-9-17(19(24(39)40)10-18(16)23(37)38)22(36)34-13-4-6-15(21(8-13)26(30,31)32)14-5-3-12(33-2)7-20(14)25(27,28)29/h3-10,33H,1-2H3,(H,34,36)(H,37,38)(H,39,40). The topological polar surface area (TPSA) is 133 Å². The second-order valence-electron chi connectivity index (χ2n) is 8.33. The highest BCUT2D eigenvalue weighted by atomic mass is 19.4. The molecule has 0 heterocycles. The predicted octanol–water partition coefficient (Wildman–Crippen LogP) is 6.28. The van der Waals surface area contributed by atoms with Gasteiger partial charge in [0.15, 0.2) is 5.78 Å². The molecule has 0 spiro atoms. The number of halogens is 6. The number of carbonyl (C=O) groups excluding carboxylic acids is 2. The number of aromatic carboxylic acids is 2. The average Bonchev–Trinajstić information content (AvgIpc) is 2.86. The van der Waals surface area contributed by atoms with E-state index in [1.165, 1.54) is 7.05 Å². The summed E-state index contributed by atoms with van der Waals surface area (Å²) in [6, 6.07) is 5.88. The third kappa shape index (κ3) is 6.06. The Kier molecular flexibility index (Phi) is 7.94. The lowest BCUT2D eigenvalue weighted by molar-refractivity contribution is -0.139. The Labute approximate surface area is 221 Å². The van der Waals surface area contributed by atoms with Crippen LogP contribution in [0, 0.1) is 0 Å². The highest BCUT2D eigenvalue weighted by molar-refractivity contribution is 6.15. The van der Waals surface area contributed by atoms with E-state index < -0.39 is 86.2 Å². The number of hydrogen-bond acceptors (Lipinski definition) is 5. The minimum absolute atomic E-state index is 0.00148. The molecule has 14 heteroatoms. The minimum Gasteiger partial charge on any atom is -0.478 e. The van der Waals surface area contributed by atoms with Crippen LogP contribution in [0.1, 0.15) is 59.5 Å². The molecule has 0 fully saturated rings. The first-order valence-electron chi connectivity index (χ1n) is 11.0. The number of anilines is 2. The van der Waals surface area contributed by atoms with Gasteiger partial charge in [-0.25, -0.2) is 9.59 Å². The van der Waals surface area contributed by atoms with Gasteiger partial charge in [-0.1, -0.05) is 12.1 Å². The summed E-state index contributed by atoms with van der Waals surface area (Å²) in [7, 11) is 1.33. The molecule has 3 aromatic carbocycles. The van der Waals surface area contributed by atoms with Crippen molar-refractivity contribution in [2.75, 3.05) is 17.7 Å². The van der Waals surface area contributed by atoms with Crippen LogP contribution < -0.4 is 10.6 Å². The first-order chi connectivity index (χ1) is 18.4. The zero-order valence-electron chi connectivity index (χ0n) is 20.4. The first-order valence-corrected chi connectivity index (χ1v) is 11.0. The molecule has 40 heavy (non-hydrogen) atoms. The van der Waals surface area contributed by atoms with Gasteiger partial charge in [-0.15, -0.1) is 0 Å². The van der Waals surface area contributed by atoms with Gasteiger partial charge in [0, 0.05) is 24.0 Å². The molecule has 0 saturated heterocycles. The van der Waals surface area contributed by atoms with Crippen molar-refractivity contribution in [2.45, 2.75) is 19.3 Å². The van der Waals surface area contributed by atoms with E-state index in [2.05, 4.69) is 5.32 Å². The van der Waals surface area contributed by atoms with Crippen molar-refractivity contribution < 1.29 is 55.7 Å². The molecule has 4 N–H and O–H groups in total. The third-order valence-electron chi connectivity index (χ3n) is 5.73. The highest BCUT2D eigenvalue weighted by Gasteiger charge is 2.39. The van der Waals surface area contributed by atoms with Crippen LogP contribution in [0.4, 0.5) is 37.7 Å². The Balaban J connectivity index is 2.15. The van der Waals surface area contributed by atoms with E-state index in [9.17, 15) is 55.7 Å². The van der Waals surface area contributed by atoms with Crippen molar-refractivity contribution in [3.05, 3.63) is 81.9 Å². The number of rotatable bonds is 7. The number of ketones is 1. The average molecular weight is 568 g/mol. The van der Waals surface area contributed by atoms with E-state index in [1.807, 2.05) is 5.32 Å². The second-order valence-corrected chi connectivity index (χ2v) is 8.33. The molecule has 8 nitrogen and oxygen atoms in total. The summed E-state index contributed by atoms with van der Waals surface area (Å²) in [6.45, 7) is 0.955. The van der Waals surface area contributed by atoms with E-state index in [0.717, 1.165) is 25.1 Å². The first kappa shape index (κ1) is 29.7. The van der Waals surface area contributed by atoms with Gasteiger partial charge in [0.2, 0.25) is 0 Å². The normalized spacial score (nSPS) is 11.6. The van der Waals surface area contributed by atoms with Crippen LogP contribution in [-0.2, 0) is 12.4 Å². The summed E-state index contributed by atoms with van der Waals surface area (Å²) in [5, 5.41) is 23.2. The number of carboxylic acid groups (broad SMARTS) is 2. The number of Topliss-reactive ketones (excluding diaryl/α,β-unsaturated/α-hetero) is 1. The third-order valence-corrected chi connectivity index (χ3v) is 5.73. The van der Waals surface area contributed by atoms with E-state index >= 15 is 0 Å². The number of nitrogens with one attached hydrogen (secondary N) is 2. The maximum Gasteiger partial charge on any atom is 0.417 e. The summed E-state index contributed by atoms with van der Waals surface area (Å²) in [6.07, 6.45) is -10.2. The maximum atomic E-state index is 14.0. The Morgan fingerprint density at radius 3 is 1.50 bits per heavy atom. The fraction of sp³-hybridized carbons (Fsp3) is 0.154. The highest BCUT2D eigenvalue weighted by Crippen LogP contribution is 2.44. The Morgan fingerprint density at radius 1 is 0.650 bits per heavy atom. The van der Waals surface area contributed by atoms with E-state index in [-0.39, 0.29) is 5.69 Å². The summed E-state index contributed by atoms with van der Waals surface area (Å²) in [5.41, 5.74) is -7.88. The Hall–Kier alpha value is -4.88. The molecule has 0 aliphatic heterocycles. The number of hydrogen-bond donors (Lipinski definition) is 4. The van der Waals surface area contributed by atoms with Crippen molar-refractivity contribution >= 4 is 35.0 Å². The molecule has 0 aromatic heterocycles. The van der Waals surface area contributed by atoms with Gasteiger partial charge in [-0.2, -0.15) is 26.3 Å². The summed E-state index contributed by atoms with van der Waals surface area (Å²) >= 11 is 0. The van der Waals surface area contributed by atoms with Crippen molar-refractivity contribution in [2.24, 2.45) is 0 Å². The zero-order chi connectivity index (χ0) is 30.2. The molecular formula is C26H18F6N2O6. The van der Waals surface area contributed by atoms with E-state index in [4.69, 9.17) is 0 Å². The van der Waals surface area contributed by atoms with Gasteiger partial charge < -0.3 is 20.8 Å². The number of benzene rings is 3. The van der Waals surface area contributed by atoms with Gasteiger partial charge in [-0.05, 0) is 54.4 Å². The van der Waals surface area contributed by atoms with Crippen LogP contribution in [-0.4, -0.2) is 40.9 Å². The van der Waals surface area contributed by atoms with Gasteiger partial charge in [0.05, 0.1) is 27.8 Å². The predicted molar refractivity (Wildman–Crippen MR) is 130 cm³/mol. The molecule has 3 aromatic rings. The molecule has 0 radical (unpaired) electrons. The van der Waals surface area contributed by atoms with Crippen LogP contribution in [0.25, 0.3) is 11.1 Å². The van der Waals surface area contributed by atoms with Gasteiger partial charge in [0.25, 0.3) is 5.91 Å². The lowest BCUT2D eigenvalue weighted by Gasteiger charge is -2.19. The van der Waals surface area contributed by atoms with Gasteiger partial charge in [-0.3, -0.25) is 9.59 Å².